The van der Waals surface area contributed by atoms with Gasteiger partial charge in [0.1, 0.15) is 11.6 Å². The van der Waals surface area contributed by atoms with E-state index in [4.69, 9.17) is 0 Å². The molecule has 23 heavy (non-hydrogen) atoms. The average molecular weight is 330 g/mol. The molecule has 1 aliphatic rings. The van der Waals surface area contributed by atoms with Gasteiger partial charge < -0.3 is 5.32 Å². The van der Waals surface area contributed by atoms with Crippen LogP contribution in [0.2, 0.25) is 0 Å². The second kappa shape index (κ2) is 6.10. The number of nitrogens with zero attached hydrogens (tertiary/aromatic N) is 2. The first-order valence-electron chi connectivity index (χ1n) is 7.31. The summed E-state index contributed by atoms with van der Waals surface area (Å²) in [6, 6.07) is 7.30. The third kappa shape index (κ3) is 3.25. The van der Waals surface area contributed by atoms with Gasteiger partial charge in [0.05, 0.1) is 23.5 Å². The predicted octanol–water partition coefficient (Wildman–Crippen LogP) is 1.95. The lowest BCUT2D eigenvalue weighted by Crippen LogP contribution is -2.48. The summed E-state index contributed by atoms with van der Waals surface area (Å²) < 4.78 is 0. The second-order valence-corrected chi connectivity index (χ2v) is 6.76. The molecule has 0 aliphatic carbocycles. The van der Waals surface area contributed by atoms with E-state index in [9.17, 15) is 9.59 Å². The largest absolute Gasteiger partial charge is 0.323 e. The summed E-state index contributed by atoms with van der Waals surface area (Å²) in [7, 11) is 0. The fourth-order valence-corrected chi connectivity index (χ4v) is 3.19. The minimum absolute atomic E-state index is 0.0369. The molecule has 0 bridgehead atoms. The van der Waals surface area contributed by atoms with Crippen LogP contribution in [0.25, 0.3) is 0 Å². The molecule has 120 valence electrons. The predicted molar refractivity (Wildman–Crippen MR) is 90.6 cm³/mol. The number of anilines is 2. The molecule has 3 rings (SSSR count). The zero-order valence-corrected chi connectivity index (χ0v) is 13.8. The molecule has 0 unspecified atom stereocenters. The Hall–Kier alpha value is -2.25. The van der Waals surface area contributed by atoms with Crippen molar-refractivity contribution < 1.29 is 9.59 Å². The van der Waals surface area contributed by atoms with Gasteiger partial charge in [0, 0.05) is 11.6 Å². The van der Waals surface area contributed by atoms with Crippen molar-refractivity contribution in [2.45, 2.75) is 19.4 Å². The molecule has 6 nitrogen and oxygen atoms in total. The Kier molecular flexibility index (Phi) is 4.14. The van der Waals surface area contributed by atoms with Crippen molar-refractivity contribution in [3.63, 3.8) is 0 Å². The average Bonchev–Trinajstić information content (AvgIpc) is 3.07. The number of hydrogen-bond donors (Lipinski definition) is 2. The van der Waals surface area contributed by atoms with Gasteiger partial charge >= 0.3 is 0 Å². The SMILES string of the molecule is CC(C)(NCC(=O)N1CC(=O)Nc2ccccc21)c1nccs1. The van der Waals surface area contributed by atoms with Gasteiger partial charge in [-0.1, -0.05) is 12.1 Å². The van der Waals surface area contributed by atoms with Crippen molar-refractivity contribution in [1.29, 1.82) is 0 Å². The van der Waals surface area contributed by atoms with Crippen molar-refractivity contribution in [3.05, 3.63) is 40.8 Å². The number of hydrogen-bond acceptors (Lipinski definition) is 5. The fourth-order valence-electron chi connectivity index (χ4n) is 2.46. The van der Waals surface area contributed by atoms with Crippen LogP contribution in [0.1, 0.15) is 18.9 Å². The van der Waals surface area contributed by atoms with E-state index < -0.39 is 5.54 Å². The first-order valence-corrected chi connectivity index (χ1v) is 8.19. The smallest absolute Gasteiger partial charge is 0.244 e. The van der Waals surface area contributed by atoms with Gasteiger partial charge in [-0.15, -0.1) is 11.3 Å². The van der Waals surface area contributed by atoms with E-state index in [0.717, 1.165) is 10.7 Å². The van der Waals surface area contributed by atoms with Gasteiger partial charge in [0.2, 0.25) is 11.8 Å². The van der Waals surface area contributed by atoms with E-state index in [-0.39, 0.29) is 24.9 Å². The van der Waals surface area contributed by atoms with Crippen LogP contribution in [-0.4, -0.2) is 29.9 Å². The highest BCUT2D eigenvalue weighted by Gasteiger charge is 2.29. The highest BCUT2D eigenvalue weighted by atomic mass is 32.1. The van der Waals surface area contributed by atoms with Crippen molar-refractivity contribution in [2.75, 3.05) is 23.3 Å². The van der Waals surface area contributed by atoms with E-state index in [2.05, 4.69) is 15.6 Å². The van der Waals surface area contributed by atoms with Crippen LogP contribution in [0.15, 0.2) is 35.8 Å². The summed E-state index contributed by atoms with van der Waals surface area (Å²) in [5, 5.41) is 8.83. The molecule has 1 aromatic carbocycles. The second-order valence-electron chi connectivity index (χ2n) is 5.86. The van der Waals surface area contributed by atoms with Gasteiger partial charge in [-0.05, 0) is 26.0 Å². The Balaban J connectivity index is 1.73. The van der Waals surface area contributed by atoms with E-state index in [1.807, 2.05) is 37.4 Å². The molecule has 1 aliphatic heterocycles. The molecule has 0 atom stereocenters. The summed E-state index contributed by atoms with van der Waals surface area (Å²) in [5.41, 5.74) is 0.990. The van der Waals surface area contributed by atoms with Crippen molar-refractivity contribution in [2.24, 2.45) is 0 Å². The first-order chi connectivity index (χ1) is 11.0. The molecule has 2 N–H and O–H groups in total. The molecule has 2 amide bonds. The van der Waals surface area contributed by atoms with E-state index >= 15 is 0 Å². The van der Waals surface area contributed by atoms with Crippen LogP contribution >= 0.6 is 11.3 Å². The normalized spacial score (nSPS) is 14.3. The Morgan fingerprint density at radius 3 is 2.96 bits per heavy atom. The summed E-state index contributed by atoms with van der Waals surface area (Å²) in [5.74, 6) is -0.326. The molecule has 1 aromatic heterocycles. The summed E-state index contributed by atoms with van der Waals surface area (Å²) >= 11 is 1.54. The van der Waals surface area contributed by atoms with Crippen LogP contribution < -0.4 is 15.5 Å². The van der Waals surface area contributed by atoms with Crippen molar-refractivity contribution >= 4 is 34.5 Å². The molecule has 2 aromatic rings. The monoisotopic (exact) mass is 330 g/mol. The Morgan fingerprint density at radius 2 is 2.22 bits per heavy atom. The van der Waals surface area contributed by atoms with Crippen LogP contribution in [0.3, 0.4) is 0 Å². The van der Waals surface area contributed by atoms with E-state index in [1.54, 1.807) is 23.6 Å². The van der Waals surface area contributed by atoms with Gasteiger partial charge in [-0.2, -0.15) is 0 Å². The maximum absolute atomic E-state index is 12.6. The van der Waals surface area contributed by atoms with Gasteiger partial charge in [-0.25, -0.2) is 4.98 Å². The maximum Gasteiger partial charge on any atom is 0.244 e. The molecule has 0 spiro atoms. The number of para-hydroxylation sites is 2. The number of thiazole rings is 1. The highest BCUT2D eigenvalue weighted by Crippen LogP contribution is 2.29. The molecular weight excluding hydrogens is 312 g/mol. The first kappa shape index (κ1) is 15.6. The molecule has 0 saturated heterocycles. The van der Waals surface area contributed by atoms with Crippen molar-refractivity contribution in [1.82, 2.24) is 10.3 Å². The van der Waals surface area contributed by atoms with Crippen LogP contribution in [0.5, 0.6) is 0 Å². The number of carbonyl (C=O) groups is 2. The molecule has 0 fully saturated rings. The number of carbonyl (C=O) groups excluding carboxylic acids is 2. The van der Waals surface area contributed by atoms with Crippen molar-refractivity contribution in [3.8, 4) is 0 Å². The Morgan fingerprint density at radius 1 is 1.43 bits per heavy atom. The number of benzene rings is 1. The molecule has 0 radical (unpaired) electrons. The van der Waals surface area contributed by atoms with Crippen LogP contribution in [0.4, 0.5) is 11.4 Å². The fraction of sp³-hybridized carbons (Fsp3) is 0.312. The Labute approximate surface area is 138 Å². The van der Waals surface area contributed by atoms with Crippen LogP contribution in [0, 0.1) is 0 Å². The Bertz CT molecular complexity index is 727. The highest BCUT2D eigenvalue weighted by molar-refractivity contribution is 7.09. The maximum atomic E-state index is 12.6. The third-order valence-corrected chi connectivity index (χ3v) is 4.82. The van der Waals surface area contributed by atoms with Gasteiger partial charge in [0.25, 0.3) is 0 Å². The third-order valence-electron chi connectivity index (χ3n) is 3.72. The number of amides is 2. The lowest BCUT2D eigenvalue weighted by atomic mass is 10.1. The topological polar surface area (TPSA) is 74.3 Å². The zero-order chi connectivity index (χ0) is 16.4. The quantitative estimate of drug-likeness (QED) is 0.899. The van der Waals surface area contributed by atoms with Gasteiger partial charge in [-0.3, -0.25) is 19.8 Å². The molecule has 2 heterocycles. The van der Waals surface area contributed by atoms with Crippen LogP contribution in [-0.2, 0) is 15.1 Å². The number of aromatic nitrogens is 1. The van der Waals surface area contributed by atoms with E-state index in [1.165, 1.54) is 4.90 Å². The molecule has 7 heteroatoms. The molecular formula is C16H18N4O2S. The van der Waals surface area contributed by atoms with Gasteiger partial charge in [0.15, 0.2) is 0 Å². The summed E-state index contributed by atoms with van der Waals surface area (Å²) in [4.78, 5) is 30.2. The zero-order valence-electron chi connectivity index (χ0n) is 13.0. The minimum atomic E-state index is -0.401. The number of rotatable bonds is 4. The minimum Gasteiger partial charge on any atom is -0.323 e. The van der Waals surface area contributed by atoms with E-state index in [0.29, 0.717) is 5.69 Å². The molecule has 0 saturated carbocycles. The summed E-state index contributed by atoms with van der Waals surface area (Å²) in [6.45, 7) is 4.13. The standard InChI is InChI=1S/C16H18N4O2S/c1-16(2,15-17-7-8-23-15)18-9-14(22)20-10-13(21)19-11-5-3-4-6-12(11)20/h3-8,18H,9-10H2,1-2H3,(H,19,21). The lowest BCUT2D eigenvalue weighted by molar-refractivity contribution is -0.121. The number of fused-ring (bicyclic) bond motifs is 1. The summed E-state index contributed by atoms with van der Waals surface area (Å²) in [6.07, 6.45) is 1.75. The lowest BCUT2D eigenvalue weighted by Gasteiger charge is -2.31. The number of nitrogens with one attached hydrogen (secondary N) is 2.